The Hall–Kier alpha value is -3.80. The molecule has 0 unspecified atom stereocenters. The minimum Gasteiger partial charge on any atom is -0.487 e. The average molecular weight is 358 g/mol. The van der Waals surface area contributed by atoms with Gasteiger partial charge in [0.15, 0.2) is 5.75 Å². The lowest BCUT2D eigenvalue weighted by atomic mass is 10.2. The van der Waals surface area contributed by atoms with E-state index in [1.165, 1.54) is 6.33 Å². The van der Waals surface area contributed by atoms with Gasteiger partial charge in [0.2, 0.25) is 5.88 Å². The van der Waals surface area contributed by atoms with E-state index < -0.39 is 0 Å². The number of ether oxygens (including phenoxy) is 2. The lowest BCUT2D eigenvalue weighted by Crippen LogP contribution is -2.03. The quantitative estimate of drug-likeness (QED) is 0.520. The molecule has 134 valence electrons. The number of rotatable bonds is 5. The first kappa shape index (κ1) is 16.7. The van der Waals surface area contributed by atoms with Crippen LogP contribution in [0.1, 0.15) is 5.56 Å². The molecule has 4 N–H and O–H groups in total. The van der Waals surface area contributed by atoms with Crippen LogP contribution < -0.4 is 20.9 Å². The van der Waals surface area contributed by atoms with Gasteiger partial charge in [-0.15, -0.1) is 0 Å². The second-order valence-corrected chi connectivity index (χ2v) is 5.96. The van der Waals surface area contributed by atoms with Crippen LogP contribution in [0.25, 0.3) is 10.9 Å². The third kappa shape index (κ3) is 3.46. The predicted octanol–water partition coefficient (Wildman–Crippen LogP) is 4.17. The first-order valence-electron chi connectivity index (χ1n) is 8.44. The standard InChI is InChI=1S/C21H18N4O2/c22-19-17(26-12-14-6-2-1-3-7-14)10-11-18(20(19)23)27-21-15-8-4-5-9-16(15)24-13-25-21/h1-11,13H,12,22-23H2. The number of anilines is 2. The molecule has 6 nitrogen and oxygen atoms in total. The van der Waals surface area contributed by atoms with Crippen molar-refractivity contribution in [2.45, 2.75) is 6.61 Å². The molecule has 0 atom stereocenters. The summed E-state index contributed by atoms with van der Waals surface area (Å²) in [5.74, 6) is 1.35. The first-order chi connectivity index (χ1) is 13.2. The molecule has 1 aromatic heterocycles. The van der Waals surface area contributed by atoms with Crippen molar-refractivity contribution in [3.63, 3.8) is 0 Å². The molecular formula is C21H18N4O2. The monoisotopic (exact) mass is 358 g/mol. The highest BCUT2D eigenvalue weighted by Gasteiger charge is 2.13. The molecule has 0 radical (unpaired) electrons. The molecule has 0 fully saturated rings. The van der Waals surface area contributed by atoms with Crippen molar-refractivity contribution in [1.82, 2.24) is 9.97 Å². The Bertz CT molecular complexity index is 1080. The molecule has 0 spiro atoms. The zero-order valence-corrected chi connectivity index (χ0v) is 14.5. The Kier molecular flexibility index (Phi) is 4.45. The molecule has 4 aromatic rings. The summed E-state index contributed by atoms with van der Waals surface area (Å²) >= 11 is 0. The van der Waals surface area contributed by atoms with Gasteiger partial charge in [-0.3, -0.25) is 0 Å². The Morgan fingerprint density at radius 1 is 0.741 bits per heavy atom. The van der Waals surface area contributed by atoms with Gasteiger partial charge in [-0.25, -0.2) is 9.97 Å². The molecule has 3 aromatic carbocycles. The van der Waals surface area contributed by atoms with E-state index >= 15 is 0 Å². The lowest BCUT2D eigenvalue weighted by Gasteiger charge is -2.14. The van der Waals surface area contributed by atoms with Crippen molar-refractivity contribution >= 4 is 22.3 Å². The molecule has 27 heavy (non-hydrogen) atoms. The van der Waals surface area contributed by atoms with Gasteiger partial charge in [0, 0.05) is 0 Å². The smallest absolute Gasteiger partial charge is 0.230 e. The third-order valence-corrected chi connectivity index (χ3v) is 4.16. The normalized spacial score (nSPS) is 10.7. The van der Waals surface area contributed by atoms with Gasteiger partial charge in [-0.2, -0.15) is 0 Å². The van der Waals surface area contributed by atoms with Crippen LogP contribution in [0.2, 0.25) is 0 Å². The second-order valence-electron chi connectivity index (χ2n) is 5.96. The number of nitrogens with zero attached hydrogens (tertiary/aromatic N) is 2. The Balaban J connectivity index is 1.58. The summed E-state index contributed by atoms with van der Waals surface area (Å²) in [5, 5.41) is 0.794. The van der Waals surface area contributed by atoms with E-state index in [2.05, 4.69) is 9.97 Å². The molecule has 0 aliphatic heterocycles. The number of hydrogen-bond donors (Lipinski definition) is 2. The van der Waals surface area contributed by atoms with Gasteiger partial charge in [0.25, 0.3) is 0 Å². The number of fused-ring (bicyclic) bond motifs is 1. The van der Waals surface area contributed by atoms with Crippen LogP contribution in [0.3, 0.4) is 0 Å². The number of para-hydroxylation sites is 1. The van der Waals surface area contributed by atoms with E-state index in [1.54, 1.807) is 12.1 Å². The lowest BCUT2D eigenvalue weighted by molar-refractivity contribution is 0.307. The minimum atomic E-state index is 0.309. The van der Waals surface area contributed by atoms with Gasteiger partial charge in [-0.1, -0.05) is 42.5 Å². The SMILES string of the molecule is Nc1c(OCc2ccccc2)ccc(Oc2ncnc3ccccc23)c1N. The summed E-state index contributed by atoms with van der Waals surface area (Å²) in [5.41, 5.74) is 14.8. The highest BCUT2D eigenvalue weighted by atomic mass is 16.5. The summed E-state index contributed by atoms with van der Waals surface area (Å²) in [6.45, 7) is 0.404. The van der Waals surface area contributed by atoms with Crippen LogP contribution in [0, 0.1) is 0 Å². The Labute approximate surface area is 156 Å². The predicted molar refractivity (Wildman–Crippen MR) is 106 cm³/mol. The van der Waals surface area contributed by atoms with E-state index in [-0.39, 0.29) is 0 Å². The molecule has 4 rings (SSSR count). The van der Waals surface area contributed by atoms with Crippen molar-refractivity contribution in [2.75, 3.05) is 11.5 Å². The van der Waals surface area contributed by atoms with E-state index in [4.69, 9.17) is 20.9 Å². The molecule has 0 saturated heterocycles. The van der Waals surface area contributed by atoms with Gasteiger partial charge in [0.1, 0.15) is 30.1 Å². The van der Waals surface area contributed by atoms with Crippen molar-refractivity contribution in [1.29, 1.82) is 0 Å². The third-order valence-electron chi connectivity index (χ3n) is 4.16. The maximum Gasteiger partial charge on any atom is 0.230 e. The van der Waals surface area contributed by atoms with Crippen LogP contribution in [-0.4, -0.2) is 9.97 Å². The van der Waals surface area contributed by atoms with Crippen molar-refractivity contribution in [2.24, 2.45) is 0 Å². The van der Waals surface area contributed by atoms with Crippen LogP contribution in [0.4, 0.5) is 11.4 Å². The number of nitrogens with two attached hydrogens (primary N) is 2. The summed E-state index contributed by atoms with van der Waals surface area (Å²) in [6.07, 6.45) is 1.45. The van der Waals surface area contributed by atoms with Gasteiger partial charge < -0.3 is 20.9 Å². The van der Waals surface area contributed by atoms with Gasteiger partial charge >= 0.3 is 0 Å². The topological polar surface area (TPSA) is 96.3 Å². The highest BCUT2D eigenvalue weighted by molar-refractivity contribution is 5.84. The second kappa shape index (κ2) is 7.21. The fourth-order valence-electron chi connectivity index (χ4n) is 2.71. The maximum absolute atomic E-state index is 6.17. The molecule has 0 aliphatic rings. The van der Waals surface area contributed by atoms with E-state index in [9.17, 15) is 0 Å². The molecule has 6 heteroatoms. The largest absolute Gasteiger partial charge is 0.487 e. The van der Waals surface area contributed by atoms with E-state index in [0.717, 1.165) is 16.5 Å². The van der Waals surface area contributed by atoms with Crippen molar-refractivity contribution < 1.29 is 9.47 Å². The molecule has 0 aliphatic carbocycles. The Morgan fingerprint density at radius 3 is 2.30 bits per heavy atom. The summed E-state index contributed by atoms with van der Waals surface area (Å²) in [4.78, 5) is 8.43. The molecular weight excluding hydrogens is 340 g/mol. The van der Waals surface area contributed by atoms with E-state index in [1.807, 2.05) is 54.6 Å². The fourth-order valence-corrected chi connectivity index (χ4v) is 2.71. The molecule has 0 bridgehead atoms. The first-order valence-corrected chi connectivity index (χ1v) is 8.44. The zero-order chi connectivity index (χ0) is 18.6. The zero-order valence-electron chi connectivity index (χ0n) is 14.5. The number of aromatic nitrogens is 2. The summed E-state index contributed by atoms with van der Waals surface area (Å²) < 4.78 is 11.7. The van der Waals surface area contributed by atoms with Crippen LogP contribution in [0.5, 0.6) is 17.4 Å². The van der Waals surface area contributed by atoms with Crippen molar-refractivity contribution in [3.05, 3.63) is 78.6 Å². The number of benzene rings is 3. The van der Waals surface area contributed by atoms with E-state index in [0.29, 0.717) is 35.4 Å². The van der Waals surface area contributed by atoms with Crippen molar-refractivity contribution in [3.8, 4) is 17.4 Å². The number of hydrogen-bond acceptors (Lipinski definition) is 6. The highest BCUT2D eigenvalue weighted by Crippen LogP contribution is 2.38. The molecule has 1 heterocycles. The average Bonchev–Trinajstić information content (AvgIpc) is 2.72. The molecule has 0 saturated carbocycles. The van der Waals surface area contributed by atoms with Crippen LogP contribution in [-0.2, 0) is 6.61 Å². The van der Waals surface area contributed by atoms with Gasteiger partial charge in [0.05, 0.1) is 10.9 Å². The summed E-state index contributed by atoms with van der Waals surface area (Å²) in [6, 6.07) is 20.9. The molecule has 0 amide bonds. The fraction of sp³-hybridized carbons (Fsp3) is 0.0476. The minimum absolute atomic E-state index is 0.309. The summed E-state index contributed by atoms with van der Waals surface area (Å²) in [7, 11) is 0. The number of nitrogen functional groups attached to an aromatic ring is 2. The maximum atomic E-state index is 6.17. The van der Waals surface area contributed by atoms with Crippen LogP contribution in [0.15, 0.2) is 73.1 Å². The Morgan fingerprint density at radius 2 is 1.44 bits per heavy atom. The van der Waals surface area contributed by atoms with Gasteiger partial charge in [-0.05, 0) is 29.8 Å². The van der Waals surface area contributed by atoms with Crippen LogP contribution >= 0.6 is 0 Å².